The zero-order chi connectivity index (χ0) is 24.8. The van der Waals surface area contributed by atoms with E-state index in [1.165, 1.54) is 0 Å². The third-order valence-corrected chi connectivity index (χ3v) is 7.07. The first kappa shape index (κ1) is 24.9. The minimum atomic E-state index is -0.733. The van der Waals surface area contributed by atoms with Gasteiger partial charge in [-0.25, -0.2) is 4.98 Å². The summed E-state index contributed by atoms with van der Waals surface area (Å²) in [5.41, 5.74) is 1.24. The van der Waals surface area contributed by atoms with Crippen molar-refractivity contribution in [3.8, 4) is 0 Å². The number of rotatable bonds is 9. The van der Waals surface area contributed by atoms with Crippen molar-refractivity contribution in [2.24, 2.45) is 5.41 Å². The maximum absolute atomic E-state index is 13.3. The molecule has 2 heterocycles. The van der Waals surface area contributed by atoms with Crippen LogP contribution in [-0.4, -0.2) is 47.4 Å². The van der Waals surface area contributed by atoms with Gasteiger partial charge in [0.1, 0.15) is 24.5 Å². The summed E-state index contributed by atoms with van der Waals surface area (Å²) in [5, 5.41) is 8.99. The molecule has 3 atom stereocenters. The number of ketones is 1. The van der Waals surface area contributed by atoms with Crippen LogP contribution in [0.5, 0.6) is 0 Å². The molecule has 2 amide bonds. The molecule has 0 spiro atoms. The number of carbonyl (C=O) groups excluding carboxylic acids is 3. The summed E-state index contributed by atoms with van der Waals surface area (Å²) in [4.78, 5) is 42.9. The van der Waals surface area contributed by atoms with Crippen molar-refractivity contribution in [2.45, 2.75) is 70.6 Å². The van der Waals surface area contributed by atoms with Gasteiger partial charge in [-0.2, -0.15) is 0 Å². The first-order valence-corrected chi connectivity index (χ1v) is 12.4. The quantitative estimate of drug-likeness (QED) is 0.506. The van der Waals surface area contributed by atoms with E-state index in [2.05, 4.69) is 27.9 Å². The van der Waals surface area contributed by atoms with E-state index in [9.17, 15) is 14.4 Å². The molecule has 0 radical (unpaired) electrons. The second kappa shape index (κ2) is 11.0. The van der Waals surface area contributed by atoms with Crippen LogP contribution in [0.15, 0.2) is 48.7 Å². The number of hydrogen-bond acceptors (Lipinski definition) is 6. The van der Waals surface area contributed by atoms with Crippen LogP contribution in [0.2, 0.25) is 0 Å². The summed E-state index contributed by atoms with van der Waals surface area (Å²) in [7, 11) is 0. The number of ether oxygens (including phenoxy) is 1. The fourth-order valence-electron chi connectivity index (χ4n) is 5.03. The van der Waals surface area contributed by atoms with E-state index in [-0.39, 0.29) is 35.7 Å². The fraction of sp³-hybridized carbons (Fsp3) is 0.481. The second-order valence-electron chi connectivity index (χ2n) is 9.88. The fourth-order valence-corrected chi connectivity index (χ4v) is 5.03. The summed E-state index contributed by atoms with van der Waals surface area (Å²) in [6, 6.07) is 11.2. The van der Waals surface area contributed by atoms with Crippen molar-refractivity contribution < 1.29 is 19.1 Å². The van der Waals surface area contributed by atoms with Gasteiger partial charge in [-0.05, 0) is 67.5 Å². The second-order valence-corrected chi connectivity index (χ2v) is 9.88. The number of amides is 2. The highest BCUT2D eigenvalue weighted by Gasteiger charge is 2.39. The van der Waals surface area contributed by atoms with E-state index in [4.69, 9.17) is 4.74 Å². The van der Waals surface area contributed by atoms with Gasteiger partial charge < -0.3 is 20.7 Å². The van der Waals surface area contributed by atoms with Crippen molar-refractivity contribution in [2.75, 3.05) is 11.9 Å². The highest BCUT2D eigenvalue weighted by molar-refractivity contribution is 5.99. The molecule has 1 saturated heterocycles. The minimum absolute atomic E-state index is 0.0110. The highest BCUT2D eigenvalue weighted by Crippen LogP contribution is 2.41. The highest BCUT2D eigenvalue weighted by atomic mass is 16.5. The van der Waals surface area contributed by atoms with Gasteiger partial charge in [0, 0.05) is 17.4 Å². The average molecular weight is 479 g/mol. The van der Waals surface area contributed by atoms with E-state index in [1.54, 1.807) is 30.5 Å². The lowest BCUT2D eigenvalue weighted by atomic mass is 9.81. The Hall–Kier alpha value is -3.26. The van der Waals surface area contributed by atoms with Crippen molar-refractivity contribution in [1.82, 2.24) is 15.6 Å². The molecule has 1 aliphatic carbocycles. The molecule has 1 aromatic carbocycles. The Morgan fingerprint density at radius 2 is 1.89 bits per heavy atom. The van der Waals surface area contributed by atoms with Crippen molar-refractivity contribution in [1.29, 1.82) is 0 Å². The van der Waals surface area contributed by atoms with Crippen LogP contribution in [0.25, 0.3) is 0 Å². The molecule has 8 heteroatoms. The van der Waals surface area contributed by atoms with E-state index >= 15 is 0 Å². The summed E-state index contributed by atoms with van der Waals surface area (Å²) in [6.45, 7) is 4.11. The molecule has 1 saturated carbocycles. The number of nitrogens with zero attached hydrogens (tertiary/aromatic N) is 1. The molecule has 0 bridgehead atoms. The standard InChI is InChI=1S/C27H34N4O4/c1-3-22-24(21(32)17-35-22)31-26(34)20(16-27(2)13-5-6-14-27)30-25(33)18-9-11-19(12-10-18)29-23-8-4-7-15-28-23/h4,7-12,15,20,22,24H,3,5-6,13-14,16-17H2,1-2H3,(H,28,29)(H,30,33)(H,31,34)/t20-,22-,24?/m0/s1. The van der Waals surface area contributed by atoms with Gasteiger partial charge >= 0.3 is 0 Å². The summed E-state index contributed by atoms with van der Waals surface area (Å²) >= 11 is 0. The van der Waals surface area contributed by atoms with E-state index < -0.39 is 12.1 Å². The topological polar surface area (TPSA) is 109 Å². The Morgan fingerprint density at radius 1 is 1.14 bits per heavy atom. The summed E-state index contributed by atoms with van der Waals surface area (Å²) in [5.74, 6) is -0.0696. The molecule has 2 aliphatic rings. The molecule has 4 rings (SSSR count). The van der Waals surface area contributed by atoms with Crippen molar-refractivity contribution in [3.63, 3.8) is 0 Å². The van der Waals surface area contributed by atoms with Gasteiger partial charge in [-0.15, -0.1) is 0 Å². The van der Waals surface area contributed by atoms with Gasteiger partial charge in [0.05, 0.1) is 6.10 Å². The molecule has 1 aromatic heterocycles. The number of anilines is 2. The molecule has 2 fully saturated rings. The Bertz CT molecular complexity index is 1030. The number of nitrogens with one attached hydrogen (secondary N) is 3. The predicted octanol–water partition coefficient (Wildman–Crippen LogP) is 3.76. The van der Waals surface area contributed by atoms with Crippen LogP contribution < -0.4 is 16.0 Å². The van der Waals surface area contributed by atoms with Crippen molar-refractivity contribution >= 4 is 29.1 Å². The molecule has 1 aliphatic heterocycles. The summed E-state index contributed by atoms with van der Waals surface area (Å²) < 4.78 is 5.50. The van der Waals surface area contributed by atoms with Crippen LogP contribution >= 0.6 is 0 Å². The van der Waals surface area contributed by atoms with Gasteiger partial charge in [-0.3, -0.25) is 14.4 Å². The van der Waals surface area contributed by atoms with Gasteiger partial charge in [0.25, 0.3) is 5.91 Å². The van der Waals surface area contributed by atoms with Gasteiger partial charge in [0.2, 0.25) is 5.91 Å². The Morgan fingerprint density at radius 3 is 2.54 bits per heavy atom. The molecular formula is C27H34N4O4. The van der Waals surface area contributed by atoms with Crippen LogP contribution in [0.1, 0.15) is 62.7 Å². The lowest BCUT2D eigenvalue weighted by molar-refractivity contribution is -0.128. The van der Waals surface area contributed by atoms with Crippen LogP contribution in [0, 0.1) is 5.41 Å². The maximum Gasteiger partial charge on any atom is 0.251 e. The SMILES string of the molecule is CC[C@@H]1OCC(=O)C1NC(=O)[C@H](CC1(C)CCCC1)NC(=O)c1ccc(Nc2ccccn2)cc1. The lowest BCUT2D eigenvalue weighted by Gasteiger charge is -2.30. The molecule has 1 unspecified atom stereocenters. The summed E-state index contributed by atoms with van der Waals surface area (Å²) in [6.07, 6.45) is 6.81. The van der Waals surface area contributed by atoms with E-state index in [0.29, 0.717) is 24.2 Å². The number of benzene rings is 1. The predicted molar refractivity (Wildman–Crippen MR) is 133 cm³/mol. The molecule has 2 aromatic rings. The number of hydrogen-bond donors (Lipinski definition) is 3. The molecular weight excluding hydrogens is 444 g/mol. The number of carbonyl (C=O) groups is 3. The Labute approximate surface area is 206 Å². The number of aromatic nitrogens is 1. The molecule has 8 nitrogen and oxygen atoms in total. The van der Waals surface area contributed by atoms with Gasteiger partial charge in [0.15, 0.2) is 5.78 Å². The van der Waals surface area contributed by atoms with Crippen LogP contribution in [0.3, 0.4) is 0 Å². The molecule has 186 valence electrons. The third kappa shape index (κ3) is 6.25. The first-order valence-electron chi connectivity index (χ1n) is 12.4. The number of pyridine rings is 1. The Kier molecular flexibility index (Phi) is 7.80. The average Bonchev–Trinajstić information content (AvgIpc) is 3.45. The van der Waals surface area contributed by atoms with E-state index in [1.807, 2.05) is 25.1 Å². The number of Topliss-reactive ketones (excluding diaryl/α,β-unsaturated/α-hetero) is 1. The maximum atomic E-state index is 13.3. The Balaban J connectivity index is 1.45. The largest absolute Gasteiger partial charge is 0.368 e. The normalized spacial score (nSPS) is 21.9. The monoisotopic (exact) mass is 478 g/mol. The molecule has 3 N–H and O–H groups in total. The zero-order valence-electron chi connectivity index (χ0n) is 20.4. The lowest BCUT2D eigenvalue weighted by Crippen LogP contribution is -2.54. The first-order chi connectivity index (χ1) is 16.9. The third-order valence-electron chi connectivity index (χ3n) is 7.07. The van der Waals surface area contributed by atoms with Crippen LogP contribution in [0.4, 0.5) is 11.5 Å². The van der Waals surface area contributed by atoms with Crippen molar-refractivity contribution in [3.05, 3.63) is 54.2 Å². The smallest absolute Gasteiger partial charge is 0.251 e. The van der Waals surface area contributed by atoms with Gasteiger partial charge in [-0.1, -0.05) is 32.8 Å². The zero-order valence-corrected chi connectivity index (χ0v) is 20.4. The minimum Gasteiger partial charge on any atom is -0.368 e. The van der Waals surface area contributed by atoms with E-state index in [0.717, 1.165) is 31.4 Å². The molecule has 35 heavy (non-hydrogen) atoms. The van der Waals surface area contributed by atoms with Crippen LogP contribution in [-0.2, 0) is 14.3 Å².